The van der Waals surface area contributed by atoms with E-state index in [0.29, 0.717) is 22.3 Å². The first-order chi connectivity index (χ1) is 12.8. The molecule has 5 nitrogen and oxygen atoms in total. The van der Waals surface area contributed by atoms with Crippen LogP contribution in [0, 0.1) is 0 Å². The van der Waals surface area contributed by atoms with Crippen LogP contribution >= 0.6 is 35.0 Å². The van der Waals surface area contributed by atoms with Gasteiger partial charge in [-0.1, -0.05) is 35.3 Å². The Labute approximate surface area is 174 Å². The second-order valence-corrected chi connectivity index (χ2v) is 9.77. The minimum Gasteiger partial charge on any atom is -0.354 e. The average Bonchev–Trinajstić information content (AvgIpc) is 2.61. The molecule has 0 saturated heterocycles. The fourth-order valence-corrected chi connectivity index (χ4v) is 4.48. The van der Waals surface area contributed by atoms with Crippen LogP contribution in [0.2, 0.25) is 10.0 Å². The minimum atomic E-state index is -3.73. The summed E-state index contributed by atoms with van der Waals surface area (Å²) in [5, 5.41) is 3.88. The third-order valence-corrected chi connectivity index (χ3v) is 6.95. The molecule has 2 aromatic carbocycles. The van der Waals surface area contributed by atoms with Crippen LogP contribution in [0.15, 0.2) is 53.4 Å². The highest BCUT2D eigenvalue weighted by molar-refractivity contribution is 7.98. The molecule has 0 saturated carbocycles. The number of carbonyl (C=O) groups is 1. The van der Waals surface area contributed by atoms with E-state index in [1.54, 1.807) is 11.8 Å². The Morgan fingerprint density at radius 1 is 1.11 bits per heavy atom. The lowest BCUT2D eigenvalue weighted by Crippen LogP contribution is -2.39. The molecule has 0 heterocycles. The van der Waals surface area contributed by atoms with Gasteiger partial charge in [-0.25, -0.2) is 8.42 Å². The molecule has 0 fully saturated rings. The van der Waals surface area contributed by atoms with Gasteiger partial charge in [0.2, 0.25) is 15.9 Å². The third kappa shape index (κ3) is 7.01. The van der Waals surface area contributed by atoms with Crippen LogP contribution < -0.4 is 5.32 Å². The summed E-state index contributed by atoms with van der Waals surface area (Å²) in [5.74, 6) is 1.16. The number of carbonyl (C=O) groups excluding carboxylic acids is 1. The van der Waals surface area contributed by atoms with Crippen molar-refractivity contribution >= 4 is 50.9 Å². The maximum absolute atomic E-state index is 12.4. The zero-order valence-corrected chi connectivity index (χ0v) is 17.8. The molecule has 0 aliphatic heterocycles. The van der Waals surface area contributed by atoms with Crippen LogP contribution in [-0.2, 0) is 20.6 Å². The van der Waals surface area contributed by atoms with E-state index in [2.05, 4.69) is 5.32 Å². The SMILES string of the molecule is CN(CC(=O)NCCSCc1cccc(Cl)c1)S(=O)(=O)c1ccc(Cl)cc1. The lowest BCUT2D eigenvalue weighted by molar-refractivity contribution is -0.121. The summed E-state index contributed by atoms with van der Waals surface area (Å²) in [6.07, 6.45) is 0. The molecule has 0 spiro atoms. The number of amides is 1. The van der Waals surface area contributed by atoms with Crippen LogP contribution in [0.1, 0.15) is 5.56 Å². The standard InChI is InChI=1S/C18H20Cl2N2O3S2/c1-22(27(24,25)17-7-5-15(19)6-8-17)12-18(23)21-9-10-26-13-14-3-2-4-16(20)11-14/h2-8,11H,9-10,12-13H2,1H3,(H,21,23). The highest BCUT2D eigenvalue weighted by atomic mass is 35.5. The van der Waals surface area contributed by atoms with Crippen molar-refractivity contribution < 1.29 is 13.2 Å². The number of nitrogens with zero attached hydrogens (tertiary/aromatic N) is 1. The summed E-state index contributed by atoms with van der Waals surface area (Å²) in [6, 6.07) is 13.5. The van der Waals surface area contributed by atoms with E-state index in [4.69, 9.17) is 23.2 Å². The summed E-state index contributed by atoms with van der Waals surface area (Å²) in [5.41, 5.74) is 1.12. The maximum Gasteiger partial charge on any atom is 0.243 e. The molecule has 0 atom stereocenters. The van der Waals surface area contributed by atoms with Crippen molar-refractivity contribution in [2.45, 2.75) is 10.6 Å². The fraction of sp³-hybridized carbons (Fsp3) is 0.278. The Kier molecular flexibility index (Phi) is 8.44. The van der Waals surface area contributed by atoms with E-state index in [-0.39, 0.29) is 17.3 Å². The van der Waals surface area contributed by atoms with Gasteiger partial charge in [0.05, 0.1) is 11.4 Å². The first-order valence-electron chi connectivity index (χ1n) is 8.10. The van der Waals surface area contributed by atoms with Crippen LogP contribution in [0.4, 0.5) is 0 Å². The first-order valence-corrected chi connectivity index (χ1v) is 11.4. The molecule has 0 unspecified atom stereocenters. The van der Waals surface area contributed by atoms with Crippen molar-refractivity contribution in [1.82, 2.24) is 9.62 Å². The number of thioether (sulfide) groups is 1. The van der Waals surface area contributed by atoms with Crippen molar-refractivity contribution in [3.63, 3.8) is 0 Å². The monoisotopic (exact) mass is 446 g/mol. The number of sulfonamides is 1. The highest BCUT2D eigenvalue weighted by Crippen LogP contribution is 2.18. The fourth-order valence-electron chi connectivity index (χ4n) is 2.21. The molecule has 2 aromatic rings. The van der Waals surface area contributed by atoms with Gasteiger partial charge in [0.15, 0.2) is 0 Å². The number of hydrogen-bond donors (Lipinski definition) is 1. The highest BCUT2D eigenvalue weighted by Gasteiger charge is 2.22. The number of benzene rings is 2. The zero-order chi connectivity index (χ0) is 19.9. The molecule has 1 amide bonds. The predicted octanol–water partition coefficient (Wildman–Crippen LogP) is 3.66. The Morgan fingerprint density at radius 3 is 2.48 bits per heavy atom. The first kappa shape index (κ1) is 22.0. The van der Waals surface area contributed by atoms with Gasteiger partial charge in [0, 0.05) is 35.1 Å². The molecule has 0 aromatic heterocycles. The maximum atomic E-state index is 12.4. The Bertz CT molecular complexity index is 874. The van der Waals surface area contributed by atoms with E-state index in [1.807, 2.05) is 24.3 Å². The lowest BCUT2D eigenvalue weighted by atomic mass is 10.2. The molecule has 0 aliphatic carbocycles. The number of nitrogens with one attached hydrogen (secondary N) is 1. The molecule has 9 heteroatoms. The van der Waals surface area contributed by atoms with Crippen molar-refractivity contribution in [3.8, 4) is 0 Å². The Balaban J connectivity index is 1.74. The van der Waals surface area contributed by atoms with Gasteiger partial charge >= 0.3 is 0 Å². The third-order valence-electron chi connectivity index (χ3n) is 3.61. The zero-order valence-electron chi connectivity index (χ0n) is 14.7. The molecule has 2 rings (SSSR count). The molecular weight excluding hydrogens is 427 g/mol. The largest absolute Gasteiger partial charge is 0.354 e. The Morgan fingerprint density at radius 2 is 1.81 bits per heavy atom. The molecular formula is C18H20Cl2N2O3S2. The summed E-state index contributed by atoms with van der Waals surface area (Å²) < 4.78 is 25.9. The quantitative estimate of drug-likeness (QED) is 0.596. The van der Waals surface area contributed by atoms with Crippen LogP contribution in [0.3, 0.4) is 0 Å². The topological polar surface area (TPSA) is 66.5 Å². The van der Waals surface area contributed by atoms with Crippen molar-refractivity contribution in [1.29, 1.82) is 0 Å². The van der Waals surface area contributed by atoms with Gasteiger partial charge in [0.1, 0.15) is 0 Å². The summed E-state index contributed by atoms with van der Waals surface area (Å²) in [7, 11) is -2.36. The van der Waals surface area contributed by atoms with Crippen LogP contribution in [-0.4, -0.2) is 44.5 Å². The summed E-state index contributed by atoms with van der Waals surface area (Å²) in [4.78, 5) is 12.1. The number of rotatable bonds is 9. The van der Waals surface area contributed by atoms with Crippen molar-refractivity contribution in [2.24, 2.45) is 0 Å². The van der Waals surface area contributed by atoms with Crippen molar-refractivity contribution in [3.05, 3.63) is 64.1 Å². The van der Waals surface area contributed by atoms with Crippen molar-refractivity contribution in [2.75, 3.05) is 25.9 Å². The van der Waals surface area contributed by atoms with Gasteiger partial charge in [-0.05, 0) is 42.0 Å². The van der Waals surface area contributed by atoms with Crippen LogP contribution in [0.25, 0.3) is 0 Å². The van der Waals surface area contributed by atoms with Gasteiger partial charge in [-0.3, -0.25) is 4.79 Å². The minimum absolute atomic E-state index is 0.0966. The smallest absolute Gasteiger partial charge is 0.243 e. The molecule has 0 bridgehead atoms. The van der Waals surface area contributed by atoms with E-state index in [9.17, 15) is 13.2 Å². The van der Waals surface area contributed by atoms with Gasteiger partial charge in [-0.2, -0.15) is 16.1 Å². The molecule has 0 aliphatic rings. The number of halogens is 2. The number of likely N-dealkylation sites (N-methyl/N-ethyl adjacent to an activating group) is 1. The van der Waals surface area contributed by atoms with E-state index in [0.717, 1.165) is 15.6 Å². The van der Waals surface area contributed by atoms with E-state index >= 15 is 0 Å². The number of hydrogen-bond acceptors (Lipinski definition) is 4. The normalized spacial score (nSPS) is 11.6. The Hall–Kier alpha value is -1.25. The molecule has 1 N–H and O–H groups in total. The van der Waals surface area contributed by atoms with E-state index in [1.165, 1.54) is 31.3 Å². The average molecular weight is 447 g/mol. The predicted molar refractivity (Wildman–Crippen MR) is 112 cm³/mol. The van der Waals surface area contributed by atoms with Gasteiger partial charge in [0.25, 0.3) is 0 Å². The van der Waals surface area contributed by atoms with Gasteiger partial charge in [-0.15, -0.1) is 0 Å². The molecule has 0 radical (unpaired) electrons. The van der Waals surface area contributed by atoms with E-state index < -0.39 is 10.0 Å². The summed E-state index contributed by atoms with van der Waals surface area (Å²) >= 11 is 13.4. The lowest BCUT2D eigenvalue weighted by Gasteiger charge is -2.17. The molecule has 27 heavy (non-hydrogen) atoms. The van der Waals surface area contributed by atoms with Gasteiger partial charge < -0.3 is 5.32 Å². The van der Waals surface area contributed by atoms with Crippen LogP contribution in [0.5, 0.6) is 0 Å². The molecule has 146 valence electrons. The summed E-state index contributed by atoms with van der Waals surface area (Å²) in [6.45, 7) is 0.211. The second kappa shape index (κ2) is 10.3. The second-order valence-electron chi connectivity index (χ2n) is 5.75.